The number of pyridine rings is 1. The number of anilines is 2. The molecular formula is C14H15F3N4S. The molecule has 0 atom stereocenters. The summed E-state index contributed by atoms with van der Waals surface area (Å²) in [6.45, 7) is 5.03. The van der Waals surface area contributed by atoms with Gasteiger partial charge >= 0.3 is 6.18 Å². The summed E-state index contributed by atoms with van der Waals surface area (Å²) in [7, 11) is 0. The fourth-order valence-electron chi connectivity index (χ4n) is 2.36. The molecule has 8 heteroatoms. The van der Waals surface area contributed by atoms with Crippen molar-refractivity contribution in [1.82, 2.24) is 9.97 Å². The van der Waals surface area contributed by atoms with Crippen LogP contribution in [0.5, 0.6) is 0 Å². The molecule has 0 unspecified atom stereocenters. The summed E-state index contributed by atoms with van der Waals surface area (Å²) in [6.07, 6.45) is -1.59. The van der Waals surface area contributed by atoms with Crippen LogP contribution in [0.3, 0.4) is 0 Å². The van der Waals surface area contributed by atoms with Crippen molar-refractivity contribution >= 4 is 22.3 Å². The lowest BCUT2D eigenvalue weighted by Crippen LogP contribution is -2.46. The van der Waals surface area contributed by atoms with Gasteiger partial charge in [-0.25, -0.2) is 9.97 Å². The number of aromatic nitrogens is 2. The fraction of sp³-hybridized carbons (Fsp3) is 0.429. The van der Waals surface area contributed by atoms with Crippen molar-refractivity contribution in [3.63, 3.8) is 0 Å². The number of nitrogens with zero attached hydrogens (tertiary/aromatic N) is 4. The van der Waals surface area contributed by atoms with Crippen LogP contribution >= 0.6 is 11.3 Å². The topological polar surface area (TPSA) is 32.3 Å². The molecular weight excluding hydrogens is 313 g/mol. The van der Waals surface area contributed by atoms with E-state index in [9.17, 15) is 13.2 Å². The number of hydrogen-bond donors (Lipinski definition) is 0. The summed E-state index contributed by atoms with van der Waals surface area (Å²) in [5.41, 5.74) is -0.715. The molecule has 118 valence electrons. The Labute approximate surface area is 130 Å². The van der Waals surface area contributed by atoms with Crippen LogP contribution in [0.1, 0.15) is 10.4 Å². The zero-order chi connectivity index (χ0) is 15.7. The lowest BCUT2D eigenvalue weighted by atomic mass is 10.2. The van der Waals surface area contributed by atoms with Crippen LogP contribution in [-0.4, -0.2) is 36.1 Å². The number of alkyl halides is 3. The van der Waals surface area contributed by atoms with E-state index < -0.39 is 11.7 Å². The van der Waals surface area contributed by atoms with Gasteiger partial charge in [0.1, 0.15) is 5.82 Å². The highest BCUT2D eigenvalue weighted by molar-refractivity contribution is 7.15. The van der Waals surface area contributed by atoms with Crippen molar-refractivity contribution in [2.24, 2.45) is 0 Å². The molecule has 0 aromatic carbocycles. The second-order valence-electron chi connectivity index (χ2n) is 5.13. The monoisotopic (exact) mass is 328 g/mol. The molecule has 3 heterocycles. The fourth-order valence-corrected chi connectivity index (χ4v) is 3.17. The van der Waals surface area contributed by atoms with Crippen LogP contribution in [0, 0.1) is 6.92 Å². The number of hydrogen-bond acceptors (Lipinski definition) is 5. The Hall–Kier alpha value is -1.83. The van der Waals surface area contributed by atoms with Crippen LogP contribution in [-0.2, 0) is 6.18 Å². The highest BCUT2D eigenvalue weighted by Crippen LogP contribution is 2.30. The lowest BCUT2D eigenvalue weighted by molar-refractivity contribution is -0.137. The van der Waals surface area contributed by atoms with E-state index in [1.807, 2.05) is 18.0 Å². The average molecular weight is 328 g/mol. The van der Waals surface area contributed by atoms with Crippen molar-refractivity contribution in [2.75, 3.05) is 36.0 Å². The molecule has 0 spiro atoms. The van der Waals surface area contributed by atoms with Crippen LogP contribution in [0.25, 0.3) is 0 Å². The van der Waals surface area contributed by atoms with Crippen molar-refractivity contribution < 1.29 is 13.2 Å². The second-order valence-corrected chi connectivity index (χ2v) is 6.34. The molecule has 0 radical (unpaired) electrons. The van der Waals surface area contributed by atoms with Crippen LogP contribution in [0.2, 0.25) is 0 Å². The highest BCUT2D eigenvalue weighted by atomic mass is 32.1. The number of piperazine rings is 1. The summed E-state index contributed by atoms with van der Waals surface area (Å²) in [5.74, 6) is 0.586. The zero-order valence-corrected chi connectivity index (χ0v) is 12.8. The van der Waals surface area contributed by atoms with Crippen molar-refractivity contribution in [2.45, 2.75) is 13.1 Å². The van der Waals surface area contributed by atoms with Crippen LogP contribution in [0.4, 0.5) is 24.1 Å². The summed E-state index contributed by atoms with van der Waals surface area (Å²) in [5, 5.41) is 0.998. The summed E-state index contributed by atoms with van der Waals surface area (Å²) in [6, 6.07) is 2.52. The first kappa shape index (κ1) is 15.1. The molecule has 4 nitrogen and oxygen atoms in total. The summed E-state index contributed by atoms with van der Waals surface area (Å²) in [4.78, 5) is 13.7. The van der Waals surface area contributed by atoms with E-state index in [-0.39, 0.29) is 0 Å². The quantitative estimate of drug-likeness (QED) is 0.847. The van der Waals surface area contributed by atoms with E-state index >= 15 is 0 Å². The molecule has 3 rings (SSSR count). The first-order valence-corrected chi connectivity index (χ1v) is 7.71. The maximum Gasteiger partial charge on any atom is 0.417 e. The molecule has 0 N–H and O–H groups in total. The van der Waals surface area contributed by atoms with Gasteiger partial charge in [0.15, 0.2) is 5.13 Å². The van der Waals surface area contributed by atoms with E-state index in [1.54, 1.807) is 11.3 Å². The van der Waals surface area contributed by atoms with E-state index in [2.05, 4.69) is 14.9 Å². The van der Waals surface area contributed by atoms with Crippen molar-refractivity contribution in [1.29, 1.82) is 0 Å². The minimum atomic E-state index is -4.34. The molecule has 1 fully saturated rings. The minimum Gasteiger partial charge on any atom is -0.353 e. The van der Waals surface area contributed by atoms with Gasteiger partial charge in [-0.05, 0) is 19.1 Å². The second kappa shape index (κ2) is 5.75. The third-order valence-corrected chi connectivity index (χ3v) is 4.53. The van der Waals surface area contributed by atoms with Crippen LogP contribution in [0.15, 0.2) is 24.5 Å². The van der Waals surface area contributed by atoms with Gasteiger partial charge in [0.05, 0.1) is 5.56 Å². The van der Waals surface area contributed by atoms with Crippen molar-refractivity contribution in [3.05, 3.63) is 35.0 Å². The summed E-state index contributed by atoms with van der Waals surface area (Å²) < 4.78 is 37.6. The van der Waals surface area contributed by atoms with Gasteiger partial charge in [-0.3, -0.25) is 0 Å². The molecule has 0 bridgehead atoms. The van der Waals surface area contributed by atoms with Gasteiger partial charge < -0.3 is 9.80 Å². The summed E-state index contributed by atoms with van der Waals surface area (Å²) >= 11 is 1.65. The predicted molar refractivity (Wildman–Crippen MR) is 80.5 cm³/mol. The van der Waals surface area contributed by atoms with Gasteiger partial charge in [-0.15, -0.1) is 11.3 Å². The van der Waals surface area contributed by atoms with Gasteiger partial charge in [0.25, 0.3) is 0 Å². The van der Waals surface area contributed by atoms with Crippen molar-refractivity contribution in [3.8, 4) is 0 Å². The highest BCUT2D eigenvalue weighted by Gasteiger charge is 2.31. The average Bonchev–Trinajstić information content (AvgIpc) is 2.93. The SMILES string of the molecule is Cc1cnc(N2CCN(c3ccc(C(F)(F)F)cn3)CC2)s1. The first-order chi connectivity index (χ1) is 10.4. The third kappa shape index (κ3) is 3.16. The van der Waals surface area contributed by atoms with E-state index in [4.69, 9.17) is 0 Å². The maximum atomic E-state index is 12.5. The molecule has 1 saturated heterocycles. The third-order valence-electron chi connectivity index (χ3n) is 3.56. The molecule has 0 saturated carbocycles. The maximum absolute atomic E-state index is 12.5. The van der Waals surface area contributed by atoms with E-state index in [0.29, 0.717) is 5.82 Å². The van der Waals surface area contributed by atoms with Crippen LogP contribution < -0.4 is 9.80 Å². The molecule has 22 heavy (non-hydrogen) atoms. The number of rotatable bonds is 2. The molecule has 1 aliphatic heterocycles. The van der Waals surface area contributed by atoms with Gasteiger partial charge in [-0.1, -0.05) is 0 Å². The van der Waals surface area contributed by atoms with E-state index in [1.165, 1.54) is 10.9 Å². The molecule has 0 aliphatic carbocycles. The lowest BCUT2D eigenvalue weighted by Gasteiger charge is -2.35. The Morgan fingerprint density at radius 3 is 2.18 bits per heavy atom. The van der Waals surface area contributed by atoms with Gasteiger partial charge in [0.2, 0.25) is 0 Å². The van der Waals surface area contributed by atoms with E-state index in [0.717, 1.165) is 43.6 Å². The zero-order valence-electron chi connectivity index (χ0n) is 12.0. The Kier molecular flexibility index (Phi) is 3.94. The normalized spacial score (nSPS) is 16.2. The van der Waals surface area contributed by atoms with Gasteiger partial charge in [-0.2, -0.15) is 13.2 Å². The Bertz CT molecular complexity index is 630. The molecule has 1 aliphatic rings. The molecule has 2 aromatic heterocycles. The molecule has 0 amide bonds. The molecule has 2 aromatic rings. The standard InChI is InChI=1S/C14H15F3N4S/c1-10-8-19-13(22-10)21-6-4-20(5-7-21)12-3-2-11(9-18-12)14(15,16)17/h2-3,8-9H,4-7H2,1H3. The van der Waals surface area contributed by atoms with Gasteiger partial charge in [0, 0.05) is 43.4 Å². The largest absolute Gasteiger partial charge is 0.417 e. The number of aryl methyl sites for hydroxylation is 1. The predicted octanol–water partition coefficient (Wildman–Crippen LogP) is 3.19. The Balaban J connectivity index is 1.64. The smallest absolute Gasteiger partial charge is 0.353 e. The number of thiazole rings is 1. The Morgan fingerprint density at radius 2 is 1.68 bits per heavy atom. The first-order valence-electron chi connectivity index (χ1n) is 6.89. The minimum absolute atomic E-state index is 0.586. The Morgan fingerprint density at radius 1 is 1.00 bits per heavy atom. The number of halogens is 3.